The topological polar surface area (TPSA) is 73.6 Å². The van der Waals surface area contributed by atoms with Gasteiger partial charge >= 0.3 is 0 Å². The van der Waals surface area contributed by atoms with Crippen LogP contribution in [0.15, 0.2) is 24.3 Å². The van der Waals surface area contributed by atoms with E-state index in [1.54, 1.807) is 20.1 Å². The van der Waals surface area contributed by atoms with Gasteiger partial charge in [0.15, 0.2) is 0 Å². The predicted molar refractivity (Wildman–Crippen MR) is 79.9 cm³/mol. The molecular weight excluding hydrogens is 256 g/mol. The molecule has 5 heteroatoms. The van der Waals surface area contributed by atoms with Crippen LogP contribution in [0.4, 0.5) is 5.69 Å². The van der Waals surface area contributed by atoms with Crippen molar-refractivity contribution in [1.82, 2.24) is 0 Å². The van der Waals surface area contributed by atoms with Crippen LogP contribution in [0.3, 0.4) is 0 Å². The number of methoxy groups -OCH3 is 1. The second kappa shape index (κ2) is 7.87. The Morgan fingerprint density at radius 2 is 2.15 bits per heavy atom. The third kappa shape index (κ3) is 5.19. The Morgan fingerprint density at radius 3 is 2.80 bits per heavy atom. The minimum Gasteiger partial charge on any atom is -0.491 e. The lowest BCUT2D eigenvalue weighted by molar-refractivity contribution is -0.120. The highest BCUT2D eigenvalue weighted by molar-refractivity contribution is 5.97. The van der Waals surface area contributed by atoms with E-state index >= 15 is 0 Å². The van der Waals surface area contributed by atoms with Gasteiger partial charge in [-0.2, -0.15) is 0 Å². The van der Waals surface area contributed by atoms with Gasteiger partial charge in [-0.3, -0.25) is 4.79 Å². The molecule has 1 rings (SSSR count). The molecule has 0 heterocycles. The largest absolute Gasteiger partial charge is 0.491 e. The molecule has 3 N–H and O–H groups in total. The number of hydrogen-bond acceptors (Lipinski definition) is 4. The van der Waals surface area contributed by atoms with Crippen LogP contribution in [0.2, 0.25) is 0 Å². The van der Waals surface area contributed by atoms with Crippen LogP contribution < -0.4 is 15.8 Å². The Bertz CT molecular complexity index is 433. The molecule has 0 radical (unpaired) electrons. The summed E-state index contributed by atoms with van der Waals surface area (Å²) < 4.78 is 10.4. The third-order valence-electron chi connectivity index (χ3n) is 2.94. The fourth-order valence-corrected chi connectivity index (χ4v) is 1.81. The maximum atomic E-state index is 12.1. The highest BCUT2D eigenvalue weighted by Gasteiger charge is 2.27. The SMILES string of the molecule is CCCC(C)(N)C(=O)Nc1cccc(OCCOC)c1. The lowest BCUT2D eigenvalue weighted by atomic mass is 9.96. The van der Waals surface area contributed by atoms with E-state index in [-0.39, 0.29) is 5.91 Å². The average molecular weight is 280 g/mol. The van der Waals surface area contributed by atoms with Gasteiger partial charge in [-0.15, -0.1) is 0 Å². The maximum Gasteiger partial charge on any atom is 0.244 e. The number of ether oxygens (including phenoxy) is 2. The van der Waals surface area contributed by atoms with Crippen molar-refractivity contribution in [2.24, 2.45) is 5.73 Å². The van der Waals surface area contributed by atoms with Crippen LogP contribution >= 0.6 is 0 Å². The second-order valence-electron chi connectivity index (χ2n) is 4.99. The summed E-state index contributed by atoms with van der Waals surface area (Å²) in [7, 11) is 1.62. The predicted octanol–water partition coefficient (Wildman–Crippen LogP) is 2.17. The molecule has 1 unspecified atom stereocenters. The Kier molecular flexibility index (Phi) is 6.48. The Morgan fingerprint density at radius 1 is 1.40 bits per heavy atom. The molecule has 0 saturated carbocycles. The van der Waals surface area contributed by atoms with Crippen molar-refractivity contribution in [2.45, 2.75) is 32.2 Å². The normalized spacial score (nSPS) is 13.6. The summed E-state index contributed by atoms with van der Waals surface area (Å²) in [6.07, 6.45) is 1.50. The standard InChI is InChI=1S/C15H24N2O3/c1-4-8-15(2,16)14(18)17-12-6-5-7-13(11-12)20-10-9-19-3/h5-7,11H,4,8-10,16H2,1-3H3,(H,17,18). The summed E-state index contributed by atoms with van der Waals surface area (Å²) in [5, 5.41) is 2.82. The first-order valence-corrected chi connectivity index (χ1v) is 6.81. The molecule has 1 amide bonds. The van der Waals surface area contributed by atoms with E-state index in [1.807, 2.05) is 25.1 Å². The first kappa shape index (κ1) is 16.5. The van der Waals surface area contributed by atoms with Crippen LogP contribution in [-0.2, 0) is 9.53 Å². The maximum absolute atomic E-state index is 12.1. The smallest absolute Gasteiger partial charge is 0.244 e. The minimum absolute atomic E-state index is 0.187. The summed E-state index contributed by atoms with van der Waals surface area (Å²) in [5.41, 5.74) is 5.81. The minimum atomic E-state index is -0.859. The molecule has 0 bridgehead atoms. The highest BCUT2D eigenvalue weighted by atomic mass is 16.5. The van der Waals surface area contributed by atoms with Gasteiger partial charge < -0.3 is 20.5 Å². The van der Waals surface area contributed by atoms with Crippen LogP contribution in [0, 0.1) is 0 Å². The van der Waals surface area contributed by atoms with E-state index in [0.717, 1.165) is 6.42 Å². The quantitative estimate of drug-likeness (QED) is 0.716. The highest BCUT2D eigenvalue weighted by Crippen LogP contribution is 2.19. The first-order chi connectivity index (χ1) is 9.49. The second-order valence-corrected chi connectivity index (χ2v) is 4.99. The van der Waals surface area contributed by atoms with E-state index in [9.17, 15) is 4.79 Å². The molecule has 1 aromatic carbocycles. The average Bonchev–Trinajstić information content (AvgIpc) is 2.39. The van der Waals surface area contributed by atoms with Crippen molar-refractivity contribution in [3.8, 4) is 5.75 Å². The molecule has 0 aliphatic heterocycles. The summed E-state index contributed by atoms with van der Waals surface area (Å²) in [5.74, 6) is 0.502. The summed E-state index contributed by atoms with van der Waals surface area (Å²) in [6, 6.07) is 7.24. The lowest BCUT2D eigenvalue weighted by Gasteiger charge is -2.23. The van der Waals surface area contributed by atoms with Gasteiger partial charge in [-0.1, -0.05) is 19.4 Å². The number of nitrogens with one attached hydrogen (secondary N) is 1. The fourth-order valence-electron chi connectivity index (χ4n) is 1.81. The van der Waals surface area contributed by atoms with Crippen molar-refractivity contribution in [1.29, 1.82) is 0 Å². The summed E-state index contributed by atoms with van der Waals surface area (Å²) in [4.78, 5) is 12.1. The van der Waals surface area contributed by atoms with Crippen molar-refractivity contribution >= 4 is 11.6 Å². The molecule has 20 heavy (non-hydrogen) atoms. The van der Waals surface area contributed by atoms with E-state index in [4.69, 9.17) is 15.2 Å². The lowest BCUT2D eigenvalue weighted by Crippen LogP contribution is -2.48. The number of carbonyl (C=O) groups is 1. The van der Waals surface area contributed by atoms with Gasteiger partial charge in [0.25, 0.3) is 0 Å². The fraction of sp³-hybridized carbons (Fsp3) is 0.533. The van der Waals surface area contributed by atoms with Crippen molar-refractivity contribution in [3.63, 3.8) is 0 Å². The first-order valence-electron chi connectivity index (χ1n) is 6.81. The Hall–Kier alpha value is -1.59. The van der Waals surface area contributed by atoms with E-state index in [0.29, 0.717) is 31.1 Å². The summed E-state index contributed by atoms with van der Waals surface area (Å²) in [6.45, 7) is 4.74. The van der Waals surface area contributed by atoms with Crippen molar-refractivity contribution < 1.29 is 14.3 Å². The van der Waals surface area contributed by atoms with E-state index in [1.165, 1.54) is 0 Å². The van der Waals surface area contributed by atoms with Crippen molar-refractivity contribution in [2.75, 3.05) is 25.6 Å². The molecule has 0 aromatic heterocycles. The molecular formula is C15H24N2O3. The van der Waals surface area contributed by atoms with Gasteiger partial charge in [0.2, 0.25) is 5.91 Å². The van der Waals surface area contributed by atoms with Crippen LogP contribution in [-0.4, -0.2) is 31.8 Å². The zero-order valence-corrected chi connectivity index (χ0v) is 12.4. The number of rotatable bonds is 8. The molecule has 112 valence electrons. The molecule has 1 atom stereocenters. The number of nitrogens with two attached hydrogens (primary N) is 1. The number of hydrogen-bond donors (Lipinski definition) is 2. The Labute approximate surface area is 120 Å². The number of benzene rings is 1. The zero-order valence-electron chi connectivity index (χ0n) is 12.4. The number of amides is 1. The number of anilines is 1. The third-order valence-corrected chi connectivity index (χ3v) is 2.94. The molecule has 0 spiro atoms. The van der Waals surface area contributed by atoms with Crippen LogP contribution in [0.25, 0.3) is 0 Å². The molecule has 0 saturated heterocycles. The molecule has 1 aromatic rings. The van der Waals surface area contributed by atoms with Crippen molar-refractivity contribution in [3.05, 3.63) is 24.3 Å². The van der Waals surface area contributed by atoms with Gasteiger partial charge in [0.1, 0.15) is 12.4 Å². The van der Waals surface area contributed by atoms with Gasteiger partial charge in [-0.25, -0.2) is 0 Å². The molecule has 0 aliphatic carbocycles. The zero-order chi connectivity index (χ0) is 15.0. The van der Waals surface area contributed by atoms with Crippen LogP contribution in [0.1, 0.15) is 26.7 Å². The Balaban J connectivity index is 2.63. The van der Waals surface area contributed by atoms with Gasteiger partial charge in [0, 0.05) is 18.9 Å². The summed E-state index contributed by atoms with van der Waals surface area (Å²) >= 11 is 0. The monoisotopic (exact) mass is 280 g/mol. The van der Waals surface area contributed by atoms with E-state index in [2.05, 4.69) is 5.32 Å². The van der Waals surface area contributed by atoms with Gasteiger partial charge in [0.05, 0.1) is 12.1 Å². The molecule has 0 aliphatic rings. The van der Waals surface area contributed by atoms with Gasteiger partial charge in [-0.05, 0) is 25.5 Å². The molecule has 0 fully saturated rings. The molecule has 5 nitrogen and oxygen atoms in total. The number of carbonyl (C=O) groups excluding carboxylic acids is 1. The van der Waals surface area contributed by atoms with Crippen LogP contribution in [0.5, 0.6) is 5.75 Å². The van der Waals surface area contributed by atoms with E-state index < -0.39 is 5.54 Å².